The Hall–Kier alpha value is -2.42. The number of nitrogens with one attached hydrogen (secondary N) is 2. The molecule has 0 saturated carbocycles. The molecule has 1 aromatic heterocycles. The number of alkyl halides is 3. The number of carboxylic acid groups (broad SMARTS) is 1. The molecule has 1 aromatic carbocycles. The SMILES string of the molecule is O=C(O)CC1(Sc2ccc(C(F)(F)F)cn2)Nc2ccccc2N1. The molecule has 3 rings (SSSR count). The molecular weight excluding hydrogens is 343 g/mol. The second-order valence-electron chi connectivity index (χ2n) is 5.18. The van der Waals surface area contributed by atoms with Gasteiger partial charge in [-0.15, -0.1) is 0 Å². The van der Waals surface area contributed by atoms with Gasteiger partial charge >= 0.3 is 12.1 Å². The summed E-state index contributed by atoms with van der Waals surface area (Å²) in [5.41, 5.74) is 0.589. The van der Waals surface area contributed by atoms with Crippen molar-refractivity contribution in [2.75, 3.05) is 10.6 Å². The van der Waals surface area contributed by atoms with Crippen molar-refractivity contribution in [3.8, 4) is 0 Å². The molecule has 3 N–H and O–H groups in total. The zero-order chi connectivity index (χ0) is 17.4. The molecule has 0 saturated heterocycles. The number of fused-ring (bicyclic) bond motifs is 1. The van der Waals surface area contributed by atoms with E-state index in [9.17, 15) is 23.1 Å². The standard InChI is InChI=1S/C15H12F3N3O2S/c16-15(17,18)9-5-6-12(19-8-9)24-14(7-13(22)23)20-10-3-1-2-4-11(10)21-14/h1-6,8,20-21H,7H2,(H,22,23). The second-order valence-corrected chi connectivity index (χ2v) is 6.50. The summed E-state index contributed by atoms with van der Waals surface area (Å²) < 4.78 is 37.8. The predicted octanol–water partition coefficient (Wildman–Crippen LogP) is 3.86. The topological polar surface area (TPSA) is 74.2 Å². The van der Waals surface area contributed by atoms with Gasteiger partial charge in [-0.25, -0.2) is 4.98 Å². The first-order chi connectivity index (χ1) is 11.3. The molecule has 1 aliphatic heterocycles. The molecule has 0 unspecified atom stereocenters. The van der Waals surface area contributed by atoms with Gasteiger partial charge < -0.3 is 15.7 Å². The van der Waals surface area contributed by atoms with Crippen LogP contribution in [0.3, 0.4) is 0 Å². The van der Waals surface area contributed by atoms with Gasteiger partial charge in [-0.05, 0) is 24.3 Å². The first kappa shape index (κ1) is 16.4. The van der Waals surface area contributed by atoms with Crippen LogP contribution in [0.1, 0.15) is 12.0 Å². The molecular formula is C15H12F3N3O2S. The Labute approximate surface area is 139 Å². The number of nitrogens with zero attached hydrogens (tertiary/aromatic N) is 1. The number of hydrogen-bond donors (Lipinski definition) is 3. The first-order valence-electron chi connectivity index (χ1n) is 6.87. The van der Waals surface area contributed by atoms with E-state index in [0.717, 1.165) is 35.4 Å². The van der Waals surface area contributed by atoms with Crippen molar-refractivity contribution in [1.82, 2.24) is 4.98 Å². The number of anilines is 2. The van der Waals surface area contributed by atoms with E-state index in [1.807, 2.05) is 0 Å². The maximum Gasteiger partial charge on any atom is 0.417 e. The summed E-state index contributed by atoms with van der Waals surface area (Å²) in [6.45, 7) is 0. The van der Waals surface area contributed by atoms with Gasteiger partial charge in [0.05, 0.1) is 28.4 Å². The van der Waals surface area contributed by atoms with Crippen LogP contribution < -0.4 is 10.6 Å². The third-order valence-corrected chi connectivity index (χ3v) is 4.49. The maximum absolute atomic E-state index is 12.6. The van der Waals surface area contributed by atoms with E-state index >= 15 is 0 Å². The molecule has 0 bridgehead atoms. The lowest BCUT2D eigenvalue weighted by Crippen LogP contribution is -2.40. The Kier molecular flexibility index (Phi) is 4.04. The molecule has 2 aromatic rings. The summed E-state index contributed by atoms with van der Waals surface area (Å²) in [7, 11) is 0. The molecule has 0 aliphatic carbocycles. The summed E-state index contributed by atoms with van der Waals surface area (Å²) in [6.07, 6.45) is -4.02. The summed E-state index contributed by atoms with van der Waals surface area (Å²) in [5, 5.41) is 15.6. The normalized spacial score (nSPS) is 15.3. The van der Waals surface area contributed by atoms with Gasteiger partial charge in [-0.1, -0.05) is 23.9 Å². The van der Waals surface area contributed by atoms with E-state index in [0.29, 0.717) is 0 Å². The molecule has 9 heteroatoms. The summed E-state index contributed by atoms with van der Waals surface area (Å²) in [4.78, 5) is 13.9. The average molecular weight is 355 g/mol. The van der Waals surface area contributed by atoms with Gasteiger partial charge in [0.15, 0.2) is 4.99 Å². The minimum atomic E-state index is -4.46. The number of benzene rings is 1. The van der Waals surface area contributed by atoms with E-state index in [1.165, 1.54) is 6.07 Å². The Bertz CT molecular complexity index is 740. The average Bonchev–Trinajstić information content (AvgIpc) is 2.83. The van der Waals surface area contributed by atoms with Gasteiger partial charge in [-0.3, -0.25) is 4.79 Å². The monoisotopic (exact) mass is 355 g/mol. The number of carbonyl (C=O) groups is 1. The van der Waals surface area contributed by atoms with E-state index in [2.05, 4.69) is 15.6 Å². The molecule has 0 spiro atoms. The van der Waals surface area contributed by atoms with E-state index in [1.54, 1.807) is 24.3 Å². The van der Waals surface area contributed by atoms with Crippen LogP contribution >= 0.6 is 11.8 Å². The third kappa shape index (κ3) is 3.40. The number of rotatable bonds is 4. The number of carboxylic acids is 1. The number of thioether (sulfide) groups is 1. The maximum atomic E-state index is 12.6. The van der Waals surface area contributed by atoms with Crippen molar-refractivity contribution in [3.63, 3.8) is 0 Å². The molecule has 0 fully saturated rings. The van der Waals surface area contributed by atoms with E-state index in [4.69, 9.17) is 0 Å². The van der Waals surface area contributed by atoms with Crippen molar-refractivity contribution >= 4 is 29.1 Å². The molecule has 0 atom stereocenters. The molecule has 5 nitrogen and oxygen atoms in total. The molecule has 24 heavy (non-hydrogen) atoms. The Balaban J connectivity index is 1.85. The molecule has 126 valence electrons. The van der Waals surface area contributed by atoms with Crippen LogP contribution in [0.2, 0.25) is 0 Å². The molecule has 0 radical (unpaired) electrons. The van der Waals surface area contributed by atoms with Crippen molar-refractivity contribution in [3.05, 3.63) is 48.2 Å². The van der Waals surface area contributed by atoms with Gasteiger partial charge in [0.1, 0.15) is 0 Å². The second kappa shape index (κ2) is 5.90. The third-order valence-electron chi connectivity index (χ3n) is 3.34. The highest BCUT2D eigenvalue weighted by atomic mass is 32.2. The summed E-state index contributed by atoms with van der Waals surface area (Å²) in [6, 6.07) is 9.31. The lowest BCUT2D eigenvalue weighted by molar-refractivity contribution is -0.138. The van der Waals surface area contributed by atoms with E-state index in [-0.39, 0.29) is 11.4 Å². The Morgan fingerprint density at radius 1 is 1.17 bits per heavy atom. The highest BCUT2D eigenvalue weighted by Crippen LogP contribution is 2.44. The highest BCUT2D eigenvalue weighted by Gasteiger charge is 2.40. The molecule has 0 amide bonds. The minimum Gasteiger partial charge on any atom is -0.481 e. The number of para-hydroxylation sites is 2. The fourth-order valence-electron chi connectivity index (χ4n) is 2.34. The van der Waals surface area contributed by atoms with Crippen LogP contribution in [-0.4, -0.2) is 21.1 Å². The predicted molar refractivity (Wildman–Crippen MR) is 83.8 cm³/mol. The fraction of sp³-hybridized carbons (Fsp3) is 0.200. The van der Waals surface area contributed by atoms with Gasteiger partial charge in [0.2, 0.25) is 0 Å². The van der Waals surface area contributed by atoms with E-state index < -0.39 is 22.7 Å². The lowest BCUT2D eigenvalue weighted by Gasteiger charge is -2.28. The zero-order valence-electron chi connectivity index (χ0n) is 12.1. The number of pyridine rings is 1. The zero-order valence-corrected chi connectivity index (χ0v) is 12.9. The van der Waals surface area contributed by atoms with Crippen molar-refractivity contribution in [2.24, 2.45) is 0 Å². The lowest BCUT2D eigenvalue weighted by atomic mass is 10.3. The van der Waals surface area contributed by atoms with Gasteiger partial charge in [-0.2, -0.15) is 13.2 Å². The van der Waals surface area contributed by atoms with Crippen molar-refractivity contribution < 1.29 is 23.1 Å². The Morgan fingerprint density at radius 2 is 1.79 bits per heavy atom. The summed E-state index contributed by atoms with van der Waals surface area (Å²) >= 11 is 1.02. The molecule has 2 heterocycles. The quantitative estimate of drug-likeness (QED) is 0.773. The fourth-order valence-corrected chi connectivity index (χ4v) is 3.46. The van der Waals surface area contributed by atoms with Gasteiger partial charge in [0.25, 0.3) is 0 Å². The van der Waals surface area contributed by atoms with Gasteiger partial charge in [0, 0.05) is 6.20 Å². The Morgan fingerprint density at radius 3 is 2.25 bits per heavy atom. The number of hydrogen-bond acceptors (Lipinski definition) is 5. The largest absolute Gasteiger partial charge is 0.481 e. The van der Waals surface area contributed by atoms with Crippen molar-refractivity contribution in [2.45, 2.75) is 22.6 Å². The van der Waals surface area contributed by atoms with Crippen LogP contribution in [0.5, 0.6) is 0 Å². The first-order valence-corrected chi connectivity index (χ1v) is 7.69. The van der Waals surface area contributed by atoms with Crippen LogP contribution in [0.25, 0.3) is 0 Å². The number of halogens is 3. The van der Waals surface area contributed by atoms with Crippen LogP contribution in [0.15, 0.2) is 47.6 Å². The minimum absolute atomic E-state index is 0.275. The molecule has 1 aliphatic rings. The number of aliphatic carboxylic acids is 1. The van der Waals surface area contributed by atoms with Crippen LogP contribution in [0, 0.1) is 0 Å². The summed E-state index contributed by atoms with van der Waals surface area (Å²) in [5.74, 6) is -1.05. The highest BCUT2D eigenvalue weighted by molar-refractivity contribution is 8.00. The number of aromatic nitrogens is 1. The smallest absolute Gasteiger partial charge is 0.417 e. The van der Waals surface area contributed by atoms with Crippen molar-refractivity contribution in [1.29, 1.82) is 0 Å². The van der Waals surface area contributed by atoms with Crippen LogP contribution in [-0.2, 0) is 11.0 Å². The van der Waals surface area contributed by atoms with Crippen LogP contribution in [0.4, 0.5) is 24.5 Å².